The van der Waals surface area contributed by atoms with Crippen molar-refractivity contribution in [3.63, 3.8) is 0 Å². The number of amides is 1. The molecule has 0 heterocycles. The zero-order valence-corrected chi connectivity index (χ0v) is 9.79. The zero-order valence-electron chi connectivity index (χ0n) is 9.79. The summed E-state index contributed by atoms with van der Waals surface area (Å²) in [6.07, 6.45) is 0. The van der Waals surface area contributed by atoms with Crippen LogP contribution in [-0.4, -0.2) is 17.0 Å². The molecule has 2 aromatic carbocycles. The summed E-state index contributed by atoms with van der Waals surface area (Å²) in [4.78, 5) is 22.9. The van der Waals surface area contributed by atoms with Crippen molar-refractivity contribution in [2.24, 2.45) is 0 Å². The van der Waals surface area contributed by atoms with Crippen LogP contribution in [0, 0.1) is 0 Å². The molecule has 0 atom stereocenters. The molecule has 0 aromatic heterocycles. The summed E-state index contributed by atoms with van der Waals surface area (Å²) in [7, 11) is 0. The van der Waals surface area contributed by atoms with E-state index in [1.165, 1.54) is 12.1 Å². The van der Waals surface area contributed by atoms with E-state index in [0.29, 0.717) is 5.56 Å². The summed E-state index contributed by atoms with van der Waals surface area (Å²) in [5, 5.41) is 22.6. The number of carbonyl (C=O) groups excluding carboxylic acids is 1. The molecule has 5 nitrogen and oxygen atoms in total. The summed E-state index contributed by atoms with van der Waals surface area (Å²) in [5.74, 6) is -2.11. The first-order valence-corrected chi connectivity index (χ1v) is 5.48. The van der Waals surface area contributed by atoms with Gasteiger partial charge in [-0.3, -0.25) is 4.79 Å². The first-order valence-electron chi connectivity index (χ1n) is 5.48. The van der Waals surface area contributed by atoms with E-state index in [2.05, 4.69) is 5.32 Å². The van der Waals surface area contributed by atoms with Crippen molar-refractivity contribution >= 4 is 17.6 Å². The van der Waals surface area contributed by atoms with E-state index in [1.54, 1.807) is 30.3 Å². The van der Waals surface area contributed by atoms with E-state index < -0.39 is 17.6 Å². The zero-order chi connectivity index (χ0) is 13.8. The molecule has 0 spiro atoms. The maximum Gasteiger partial charge on any atom is 0.337 e. The highest BCUT2D eigenvalue weighted by molar-refractivity contribution is 6.07. The van der Waals surface area contributed by atoms with Crippen LogP contribution in [0.4, 0.5) is 5.69 Å². The fourth-order valence-corrected chi connectivity index (χ4v) is 1.59. The molecule has 2 rings (SSSR count). The predicted octanol–water partition coefficient (Wildman–Crippen LogP) is 1.71. The first-order chi connectivity index (χ1) is 9.08. The Morgan fingerprint density at radius 3 is 2.37 bits per heavy atom. The lowest BCUT2D eigenvalue weighted by atomic mass is 10.1. The molecule has 5 heteroatoms. The summed E-state index contributed by atoms with van der Waals surface area (Å²) < 4.78 is 0. The normalized spacial score (nSPS) is 9.89. The number of hydrogen-bond acceptors (Lipinski definition) is 3. The van der Waals surface area contributed by atoms with Gasteiger partial charge in [0.05, 0.1) is 11.3 Å². The van der Waals surface area contributed by atoms with Crippen LogP contribution < -0.4 is 10.4 Å². The van der Waals surface area contributed by atoms with Crippen LogP contribution in [0.1, 0.15) is 20.7 Å². The van der Waals surface area contributed by atoms with Gasteiger partial charge in [-0.25, -0.2) is 4.79 Å². The molecular formula is C14H10NO4-. The average molecular weight is 256 g/mol. The molecule has 19 heavy (non-hydrogen) atoms. The molecule has 0 bridgehead atoms. The van der Waals surface area contributed by atoms with Gasteiger partial charge in [-0.05, 0) is 18.2 Å². The third kappa shape index (κ3) is 2.90. The van der Waals surface area contributed by atoms with Crippen LogP contribution in [-0.2, 0) is 0 Å². The Morgan fingerprint density at radius 2 is 1.74 bits per heavy atom. The molecule has 2 N–H and O–H groups in total. The number of benzene rings is 2. The molecule has 0 aliphatic rings. The van der Waals surface area contributed by atoms with Gasteiger partial charge < -0.3 is 15.5 Å². The Balaban J connectivity index is 2.29. The van der Waals surface area contributed by atoms with E-state index in [1.807, 2.05) is 0 Å². The Hall–Kier alpha value is -2.82. The van der Waals surface area contributed by atoms with Crippen LogP contribution in [0.15, 0.2) is 48.5 Å². The van der Waals surface area contributed by atoms with Gasteiger partial charge in [0.1, 0.15) is 0 Å². The van der Waals surface area contributed by atoms with Crippen LogP contribution in [0.25, 0.3) is 0 Å². The number of rotatable bonds is 3. The quantitative estimate of drug-likeness (QED) is 0.874. The second-order valence-electron chi connectivity index (χ2n) is 3.83. The van der Waals surface area contributed by atoms with Crippen LogP contribution >= 0.6 is 0 Å². The summed E-state index contributed by atoms with van der Waals surface area (Å²) in [6.45, 7) is 0. The van der Waals surface area contributed by atoms with Gasteiger partial charge in [-0.2, -0.15) is 0 Å². The Morgan fingerprint density at radius 1 is 1.05 bits per heavy atom. The lowest BCUT2D eigenvalue weighted by Crippen LogP contribution is -2.15. The molecule has 96 valence electrons. The largest absolute Gasteiger partial charge is 0.872 e. The Kier molecular flexibility index (Phi) is 3.47. The number of carbonyl (C=O) groups is 2. The molecule has 0 fully saturated rings. The van der Waals surface area contributed by atoms with Crippen molar-refractivity contribution in [3.05, 3.63) is 59.7 Å². The van der Waals surface area contributed by atoms with Gasteiger partial charge in [0.15, 0.2) is 0 Å². The number of aromatic carboxylic acids is 1. The molecule has 1 amide bonds. The van der Waals surface area contributed by atoms with E-state index >= 15 is 0 Å². The molecule has 0 saturated heterocycles. The third-order valence-electron chi connectivity index (χ3n) is 2.51. The van der Waals surface area contributed by atoms with Crippen molar-refractivity contribution in [2.45, 2.75) is 0 Å². The van der Waals surface area contributed by atoms with Crippen LogP contribution in [0.2, 0.25) is 0 Å². The van der Waals surface area contributed by atoms with E-state index in [9.17, 15) is 14.7 Å². The minimum atomic E-state index is -1.26. The van der Waals surface area contributed by atoms with E-state index in [4.69, 9.17) is 5.11 Å². The van der Waals surface area contributed by atoms with Gasteiger partial charge >= 0.3 is 5.97 Å². The number of carboxylic acids is 1. The lowest BCUT2D eigenvalue weighted by molar-refractivity contribution is -0.268. The van der Waals surface area contributed by atoms with Gasteiger partial charge in [0.2, 0.25) is 0 Å². The molecule has 0 unspecified atom stereocenters. The number of nitrogens with one attached hydrogen (secondary N) is 1. The van der Waals surface area contributed by atoms with Crippen molar-refractivity contribution in [3.8, 4) is 5.75 Å². The van der Waals surface area contributed by atoms with E-state index in [-0.39, 0.29) is 11.3 Å². The molecule has 0 saturated carbocycles. The lowest BCUT2D eigenvalue weighted by Gasteiger charge is -2.12. The maximum absolute atomic E-state index is 11.9. The number of carboxylic acid groups (broad SMARTS) is 1. The summed E-state index contributed by atoms with van der Waals surface area (Å²) in [5.41, 5.74) is 0.280. The molecule has 0 aliphatic heterocycles. The molecular weight excluding hydrogens is 246 g/mol. The molecule has 2 aromatic rings. The van der Waals surface area contributed by atoms with Crippen LogP contribution in [0.3, 0.4) is 0 Å². The highest BCUT2D eigenvalue weighted by Gasteiger charge is 2.12. The highest BCUT2D eigenvalue weighted by Crippen LogP contribution is 2.20. The monoisotopic (exact) mass is 256 g/mol. The number of hydrogen-bond donors (Lipinski definition) is 2. The van der Waals surface area contributed by atoms with Crippen molar-refractivity contribution in [1.82, 2.24) is 0 Å². The molecule has 0 aliphatic carbocycles. The Bertz CT molecular complexity index is 623. The first kappa shape index (κ1) is 12.6. The Labute approximate surface area is 109 Å². The highest BCUT2D eigenvalue weighted by atomic mass is 16.4. The SMILES string of the molecule is O=C(Nc1ccc([O-])cc1C(=O)O)c1ccccc1. The molecule has 0 radical (unpaired) electrons. The van der Waals surface area contributed by atoms with Gasteiger partial charge in [-0.1, -0.05) is 30.3 Å². The van der Waals surface area contributed by atoms with E-state index in [0.717, 1.165) is 6.07 Å². The maximum atomic E-state index is 11.9. The number of anilines is 1. The summed E-state index contributed by atoms with van der Waals surface area (Å²) in [6, 6.07) is 11.9. The van der Waals surface area contributed by atoms with Gasteiger partial charge in [0, 0.05) is 5.56 Å². The minimum absolute atomic E-state index is 0.0981. The van der Waals surface area contributed by atoms with Gasteiger partial charge in [0.25, 0.3) is 5.91 Å². The smallest absolute Gasteiger partial charge is 0.337 e. The van der Waals surface area contributed by atoms with Crippen molar-refractivity contribution < 1.29 is 19.8 Å². The van der Waals surface area contributed by atoms with Crippen molar-refractivity contribution in [2.75, 3.05) is 5.32 Å². The summed E-state index contributed by atoms with van der Waals surface area (Å²) >= 11 is 0. The predicted molar refractivity (Wildman–Crippen MR) is 67.2 cm³/mol. The third-order valence-corrected chi connectivity index (χ3v) is 2.51. The second-order valence-corrected chi connectivity index (χ2v) is 3.83. The topological polar surface area (TPSA) is 89.5 Å². The minimum Gasteiger partial charge on any atom is -0.872 e. The van der Waals surface area contributed by atoms with Crippen LogP contribution in [0.5, 0.6) is 5.75 Å². The second kappa shape index (κ2) is 5.22. The standard InChI is InChI=1S/C14H11NO4/c16-10-6-7-12(11(8-10)14(18)19)15-13(17)9-4-2-1-3-5-9/h1-8,16H,(H,15,17)(H,18,19)/p-1. The average Bonchev–Trinajstić information content (AvgIpc) is 2.41. The fourth-order valence-electron chi connectivity index (χ4n) is 1.59. The fraction of sp³-hybridized carbons (Fsp3) is 0. The van der Waals surface area contributed by atoms with Gasteiger partial charge in [-0.15, -0.1) is 5.75 Å². The van der Waals surface area contributed by atoms with Crippen molar-refractivity contribution in [1.29, 1.82) is 0 Å².